The normalized spacial score (nSPS) is 16.1. The van der Waals surface area contributed by atoms with E-state index in [0.29, 0.717) is 76.2 Å². The Morgan fingerprint density at radius 3 is 1.77 bits per heavy atom. The quantitative estimate of drug-likeness (QED) is 0.112. The summed E-state index contributed by atoms with van der Waals surface area (Å²) in [7, 11) is -6.52. The Labute approximate surface area is 327 Å². The number of likely N-dealkylation sites (tertiary alicyclic amines) is 1. The molecule has 4 heterocycles. The number of anilines is 2. The highest BCUT2D eigenvalue weighted by Gasteiger charge is 2.24. The van der Waals surface area contributed by atoms with E-state index < -0.39 is 19.7 Å². The molecule has 0 radical (unpaired) electrons. The number of oxazole rings is 2. The number of fused-ring (bicyclic) bond motifs is 2. The van der Waals surface area contributed by atoms with Gasteiger partial charge < -0.3 is 34.3 Å². The lowest BCUT2D eigenvalue weighted by molar-refractivity contribution is 0.206. The van der Waals surface area contributed by atoms with Crippen molar-refractivity contribution in [2.75, 3.05) is 61.5 Å². The van der Waals surface area contributed by atoms with Gasteiger partial charge in [-0.3, -0.25) is 4.90 Å². The second-order valence-corrected chi connectivity index (χ2v) is 18.3. The van der Waals surface area contributed by atoms with E-state index in [1.54, 1.807) is 62.4 Å². The van der Waals surface area contributed by atoms with Crippen LogP contribution >= 0.6 is 0 Å². The van der Waals surface area contributed by atoms with Gasteiger partial charge in [-0.2, -0.15) is 9.97 Å². The van der Waals surface area contributed by atoms with Crippen LogP contribution < -0.4 is 25.4 Å². The molecular weight excluding hydrogens is 764 g/mol. The molecule has 2 saturated heterocycles. The van der Waals surface area contributed by atoms with Crippen LogP contribution in [0.2, 0.25) is 0 Å². The van der Waals surface area contributed by atoms with Crippen LogP contribution in [-0.2, 0) is 26.2 Å². The second-order valence-electron chi connectivity index (χ2n) is 13.7. The molecule has 3 N–H and O–H groups in total. The van der Waals surface area contributed by atoms with E-state index in [1.807, 2.05) is 13.8 Å². The maximum atomic E-state index is 14.9. The third-order valence-corrected chi connectivity index (χ3v) is 13.3. The molecule has 0 spiro atoms. The average Bonchev–Trinajstić information content (AvgIpc) is 3.80. The van der Waals surface area contributed by atoms with Gasteiger partial charge in [-0.25, -0.2) is 21.2 Å². The van der Waals surface area contributed by atoms with Crippen molar-refractivity contribution < 1.29 is 39.5 Å². The van der Waals surface area contributed by atoms with Crippen molar-refractivity contribution >= 4 is 53.9 Å². The van der Waals surface area contributed by atoms with Crippen molar-refractivity contribution in [3.8, 4) is 11.5 Å². The van der Waals surface area contributed by atoms with Crippen molar-refractivity contribution in [1.82, 2.24) is 20.2 Å². The molecule has 2 fully saturated rings. The SMILES string of the molecule is CCOc1cc(CN2CCC(Nc3nc4cc(S(=O)(=O)CC)ccc4o3)CC2)c(F)c(OCC)c1.CCS(=O)(=O)c1ccc2oc(NC3CCNCC3)nc2c1. The van der Waals surface area contributed by atoms with Gasteiger partial charge in [0.15, 0.2) is 42.4 Å². The highest BCUT2D eigenvalue weighted by molar-refractivity contribution is 7.91. The van der Waals surface area contributed by atoms with Crippen molar-refractivity contribution in [3.05, 3.63) is 59.9 Å². The lowest BCUT2D eigenvalue weighted by Gasteiger charge is -2.32. The summed E-state index contributed by atoms with van der Waals surface area (Å²) < 4.78 is 85.5. The van der Waals surface area contributed by atoms with Crippen LogP contribution in [0.3, 0.4) is 0 Å². The molecular formula is C39H51FN6O8S2. The van der Waals surface area contributed by atoms with E-state index in [4.69, 9.17) is 18.3 Å². The molecule has 56 heavy (non-hydrogen) atoms. The minimum Gasteiger partial charge on any atom is -0.494 e. The predicted molar refractivity (Wildman–Crippen MR) is 214 cm³/mol. The third-order valence-electron chi connectivity index (χ3n) is 9.87. The Kier molecular flexibility index (Phi) is 13.4. The summed E-state index contributed by atoms with van der Waals surface area (Å²) in [4.78, 5) is 11.5. The number of rotatable bonds is 14. The number of piperidine rings is 2. The number of aromatic nitrogens is 2. The Morgan fingerprint density at radius 2 is 1.27 bits per heavy atom. The Bertz CT molecular complexity index is 2320. The maximum Gasteiger partial charge on any atom is 0.295 e. The summed E-state index contributed by atoms with van der Waals surface area (Å²) in [5.74, 6) is 0.598. The average molecular weight is 815 g/mol. The molecule has 2 aliphatic heterocycles. The summed E-state index contributed by atoms with van der Waals surface area (Å²) in [6, 6.07) is 14.2. The van der Waals surface area contributed by atoms with Gasteiger partial charge >= 0.3 is 0 Å². The molecule has 0 bridgehead atoms. The number of hydrogen-bond donors (Lipinski definition) is 3. The summed E-state index contributed by atoms with van der Waals surface area (Å²) in [6.45, 7) is 11.8. The highest BCUT2D eigenvalue weighted by Crippen LogP contribution is 2.30. The third kappa shape index (κ3) is 10.1. The van der Waals surface area contributed by atoms with Crippen LogP contribution in [0.25, 0.3) is 22.2 Å². The summed E-state index contributed by atoms with van der Waals surface area (Å²) in [5.41, 5.74) is 2.77. The molecule has 2 aliphatic rings. The van der Waals surface area contributed by atoms with Crippen molar-refractivity contribution in [2.45, 2.75) is 81.8 Å². The van der Waals surface area contributed by atoms with Crippen LogP contribution in [0.4, 0.5) is 16.4 Å². The minimum atomic E-state index is -3.30. The zero-order valence-corrected chi connectivity index (χ0v) is 33.9. The first-order chi connectivity index (χ1) is 26.9. The van der Waals surface area contributed by atoms with Crippen molar-refractivity contribution in [3.63, 3.8) is 0 Å². The number of ether oxygens (including phenoxy) is 2. The lowest BCUT2D eigenvalue weighted by atomic mass is 10.0. The first kappa shape index (κ1) is 41.2. The van der Waals surface area contributed by atoms with E-state index in [1.165, 1.54) is 0 Å². The Balaban J connectivity index is 0.000000215. The van der Waals surface area contributed by atoms with Gasteiger partial charge in [-0.05, 0) is 95.1 Å². The Morgan fingerprint density at radius 1 is 0.750 bits per heavy atom. The van der Waals surface area contributed by atoms with E-state index in [-0.39, 0.29) is 34.0 Å². The summed E-state index contributed by atoms with van der Waals surface area (Å²) >= 11 is 0. The fourth-order valence-electron chi connectivity index (χ4n) is 6.70. The summed E-state index contributed by atoms with van der Waals surface area (Å²) in [5, 5.41) is 9.90. The number of nitrogens with zero attached hydrogens (tertiary/aromatic N) is 3. The van der Waals surface area contributed by atoms with Crippen LogP contribution in [0, 0.1) is 5.82 Å². The van der Waals surface area contributed by atoms with Crippen molar-refractivity contribution in [2.24, 2.45) is 0 Å². The molecule has 304 valence electrons. The van der Waals surface area contributed by atoms with Gasteiger partial charge in [-0.1, -0.05) is 13.8 Å². The zero-order valence-electron chi connectivity index (χ0n) is 32.3. The molecule has 14 nitrogen and oxygen atoms in total. The monoisotopic (exact) mass is 814 g/mol. The molecule has 0 aliphatic carbocycles. The maximum absolute atomic E-state index is 14.9. The number of benzene rings is 3. The lowest BCUT2D eigenvalue weighted by Crippen LogP contribution is -2.38. The van der Waals surface area contributed by atoms with Gasteiger partial charge in [0.1, 0.15) is 16.8 Å². The predicted octanol–water partition coefficient (Wildman–Crippen LogP) is 6.42. The molecule has 0 amide bonds. The fraction of sp³-hybridized carbons (Fsp3) is 0.487. The smallest absolute Gasteiger partial charge is 0.295 e. The van der Waals surface area contributed by atoms with Crippen LogP contribution in [0.1, 0.15) is 58.9 Å². The summed E-state index contributed by atoms with van der Waals surface area (Å²) in [6.07, 6.45) is 3.71. The molecule has 0 atom stereocenters. The topological polar surface area (TPSA) is 178 Å². The van der Waals surface area contributed by atoms with E-state index in [2.05, 4.69) is 30.8 Å². The molecule has 5 aromatic rings. The van der Waals surface area contributed by atoms with Crippen molar-refractivity contribution in [1.29, 1.82) is 0 Å². The standard InChI is InChI=1S/C25H32FN3O5S.C14H19N3O3S/c1-4-32-19-13-17(24(26)23(14-19)33-5-2)16-29-11-9-18(10-12-29)27-25-28-21-15-20(35(30,31)6-3)7-8-22(21)34-25;1-2-21(18,19)11-3-4-13-12(9-11)17-14(20-13)16-10-5-7-15-8-6-10/h7-8,13-15,18H,4-6,9-12,16H2,1-3H3,(H,27,28);3-4,9-10,15H,2,5-8H2,1H3,(H,16,17). The molecule has 0 saturated carbocycles. The van der Waals surface area contributed by atoms with Crippen LogP contribution in [-0.4, -0.2) is 94.7 Å². The van der Waals surface area contributed by atoms with Gasteiger partial charge in [-0.15, -0.1) is 0 Å². The van der Waals surface area contributed by atoms with Gasteiger partial charge in [0, 0.05) is 43.3 Å². The van der Waals surface area contributed by atoms with Crippen LogP contribution in [0.5, 0.6) is 11.5 Å². The van der Waals surface area contributed by atoms with Crippen LogP contribution in [0.15, 0.2) is 67.2 Å². The molecule has 17 heteroatoms. The number of halogens is 1. The Hall–Kier alpha value is -4.45. The van der Waals surface area contributed by atoms with E-state index >= 15 is 0 Å². The highest BCUT2D eigenvalue weighted by atomic mass is 32.2. The first-order valence-electron chi connectivity index (χ1n) is 19.2. The van der Waals surface area contributed by atoms with E-state index in [0.717, 1.165) is 51.9 Å². The van der Waals surface area contributed by atoms with Gasteiger partial charge in [0.05, 0.1) is 34.5 Å². The van der Waals surface area contributed by atoms with Gasteiger partial charge in [0.2, 0.25) is 0 Å². The second kappa shape index (κ2) is 18.2. The molecule has 3 aromatic carbocycles. The zero-order chi connectivity index (χ0) is 39.9. The minimum absolute atomic E-state index is 0.0345. The van der Waals surface area contributed by atoms with E-state index in [9.17, 15) is 21.2 Å². The fourth-order valence-corrected chi connectivity index (χ4v) is 8.50. The molecule has 0 unspecified atom stereocenters. The van der Waals surface area contributed by atoms with Gasteiger partial charge in [0.25, 0.3) is 12.0 Å². The number of hydrogen-bond acceptors (Lipinski definition) is 14. The largest absolute Gasteiger partial charge is 0.494 e. The first-order valence-corrected chi connectivity index (χ1v) is 22.5. The molecule has 7 rings (SSSR count). The number of nitrogens with one attached hydrogen (secondary N) is 3. The number of sulfone groups is 2. The molecule has 2 aromatic heterocycles.